The minimum atomic E-state index is -3.49. The first-order chi connectivity index (χ1) is 9.57. The molecule has 2 N–H and O–H groups in total. The number of nitrogens with two attached hydrogens (primary N) is 1. The van der Waals surface area contributed by atoms with Crippen LogP contribution >= 0.6 is 0 Å². The molecule has 1 aromatic carbocycles. The first-order valence-corrected chi connectivity index (χ1v) is 8.06. The Morgan fingerprint density at radius 2 is 2.10 bits per heavy atom. The molecule has 7 heteroatoms. The van der Waals surface area contributed by atoms with Gasteiger partial charge in [0, 0.05) is 19.6 Å². The van der Waals surface area contributed by atoms with Crippen LogP contribution < -0.4 is 10.5 Å². The first-order valence-electron chi connectivity index (χ1n) is 6.62. The maximum Gasteiger partial charge on any atom is 0.243 e. The fraction of sp³-hybridized carbons (Fsp3) is 0.538. The first kappa shape index (κ1) is 15.2. The van der Waals surface area contributed by atoms with Gasteiger partial charge in [-0.25, -0.2) is 8.42 Å². The largest absolute Gasteiger partial charge is 0.494 e. The third-order valence-electron chi connectivity index (χ3n) is 3.14. The molecule has 1 aromatic rings. The molecule has 20 heavy (non-hydrogen) atoms. The van der Waals surface area contributed by atoms with Gasteiger partial charge >= 0.3 is 0 Å². The Bertz CT molecular complexity index is 530. The second kappa shape index (κ2) is 6.53. The van der Waals surface area contributed by atoms with E-state index >= 15 is 0 Å². The Labute approximate surface area is 119 Å². The van der Waals surface area contributed by atoms with E-state index in [4.69, 9.17) is 15.2 Å². The van der Waals surface area contributed by atoms with Gasteiger partial charge < -0.3 is 15.2 Å². The lowest BCUT2D eigenvalue weighted by atomic mass is 10.3. The summed E-state index contributed by atoms with van der Waals surface area (Å²) in [5.74, 6) is 0.660. The molecule has 0 saturated carbocycles. The van der Waals surface area contributed by atoms with E-state index in [1.807, 2.05) is 6.92 Å². The number of morpholine rings is 1. The molecule has 1 aliphatic heterocycles. The van der Waals surface area contributed by atoms with Crippen molar-refractivity contribution in [2.45, 2.75) is 17.9 Å². The molecular formula is C13H20N2O4S. The zero-order chi connectivity index (χ0) is 14.6. The molecule has 0 aliphatic carbocycles. The molecule has 6 nitrogen and oxygen atoms in total. The van der Waals surface area contributed by atoms with Crippen molar-refractivity contribution in [3.8, 4) is 5.75 Å². The molecule has 112 valence electrons. The predicted octanol–water partition coefficient (Wildman–Crippen LogP) is 0.434. The lowest BCUT2D eigenvalue weighted by molar-refractivity contribution is 0.00450. The second-order valence-corrected chi connectivity index (χ2v) is 6.43. The third kappa shape index (κ3) is 3.29. The van der Waals surface area contributed by atoms with Crippen LogP contribution in [0, 0.1) is 0 Å². The summed E-state index contributed by atoms with van der Waals surface area (Å²) >= 11 is 0. The normalized spacial score (nSPS) is 20.8. The van der Waals surface area contributed by atoms with E-state index < -0.39 is 10.0 Å². The molecular weight excluding hydrogens is 280 g/mol. The summed E-state index contributed by atoms with van der Waals surface area (Å²) in [4.78, 5) is 0.263. The van der Waals surface area contributed by atoms with Gasteiger partial charge in [-0.1, -0.05) is 0 Å². The predicted molar refractivity (Wildman–Crippen MR) is 75.2 cm³/mol. The van der Waals surface area contributed by atoms with Crippen molar-refractivity contribution in [2.75, 3.05) is 32.8 Å². The standard InChI is InChI=1S/C13H20N2O4S/c1-2-18-11-3-5-13(6-4-11)20(16,17)15-7-8-19-12(9-14)10-15/h3-6,12H,2,7-10,14H2,1H3. The number of rotatable bonds is 5. The van der Waals surface area contributed by atoms with Gasteiger partial charge in [-0.3, -0.25) is 0 Å². The Kier molecular flexibility index (Phi) is 4.98. The Balaban J connectivity index is 2.16. The van der Waals surface area contributed by atoms with Crippen molar-refractivity contribution in [1.82, 2.24) is 4.31 Å². The van der Waals surface area contributed by atoms with E-state index in [-0.39, 0.29) is 11.0 Å². The number of nitrogens with zero attached hydrogens (tertiary/aromatic N) is 1. The molecule has 1 heterocycles. The van der Waals surface area contributed by atoms with Gasteiger partial charge in [-0.2, -0.15) is 4.31 Å². The number of hydrogen-bond acceptors (Lipinski definition) is 5. The summed E-state index contributed by atoms with van der Waals surface area (Å²) in [5.41, 5.74) is 5.54. The third-order valence-corrected chi connectivity index (χ3v) is 5.02. The summed E-state index contributed by atoms with van der Waals surface area (Å²) in [6.45, 7) is 3.77. The number of hydrogen-bond donors (Lipinski definition) is 1. The smallest absolute Gasteiger partial charge is 0.243 e. The highest BCUT2D eigenvalue weighted by molar-refractivity contribution is 7.89. The fourth-order valence-corrected chi connectivity index (χ4v) is 3.53. The van der Waals surface area contributed by atoms with Crippen molar-refractivity contribution >= 4 is 10.0 Å². The second-order valence-electron chi connectivity index (χ2n) is 4.50. The molecule has 1 fully saturated rings. The summed E-state index contributed by atoms with van der Waals surface area (Å²) in [5, 5.41) is 0. The Hall–Kier alpha value is -1.15. The summed E-state index contributed by atoms with van der Waals surface area (Å²) < 4.78 is 37.1. The topological polar surface area (TPSA) is 81.9 Å². The van der Waals surface area contributed by atoms with E-state index in [0.29, 0.717) is 38.6 Å². The van der Waals surface area contributed by atoms with Gasteiger partial charge in [0.05, 0.1) is 24.2 Å². The fourth-order valence-electron chi connectivity index (χ4n) is 2.08. The van der Waals surface area contributed by atoms with E-state index in [9.17, 15) is 8.42 Å². The SMILES string of the molecule is CCOc1ccc(S(=O)(=O)N2CCOC(CN)C2)cc1. The van der Waals surface area contributed by atoms with Gasteiger partial charge in [0.1, 0.15) is 5.75 Å². The van der Waals surface area contributed by atoms with Crippen molar-refractivity contribution in [1.29, 1.82) is 0 Å². The van der Waals surface area contributed by atoms with Crippen molar-refractivity contribution in [3.05, 3.63) is 24.3 Å². The average Bonchev–Trinajstić information content (AvgIpc) is 2.48. The zero-order valence-corrected chi connectivity index (χ0v) is 12.3. The maximum atomic E-state index is 12.5. The van der Waals surface area contributed by atoms with Gasteiger partial charge in [-0.15, -0.1) is 0 Å². The van der Waals surface area contributed by atoms with E-state index in [1.54, 1.807) is 24.3 Å². The minimum absolute atomic E-state index is 0.235. The van der Waals surface area contributed by atoms with Crippen LogP contribution in [0.25, 0.3) is 0 Å². The molecule has 1 unspecified atom stereocenters. The van der Waals surface area contributed by atoms with Crippen LogP contribution in [0.2, 0.25) is 0 Å². The van der Waals surface area contributed by atoms with E-state index in [2.05, 4.69) is 0 Å². The Morgan fingerprint density at radius 1 is 1.40 bits per heavy atom. The molecule has 2 rings (SSSR count). The van der Waals surface area contributed by atoms with Crippen LogP contribution in [0.5, 0.6) is 5.75 Å². The summed E-state index contributed by atoms with van der Waals surface area (Å²) in [7, 11) is -3.49. The highest BCUT2D eigenvalue weighted by Crippen LogP contribution is 2.21. The van der Waals surface area contributed by atoms with Crippen LogP contribution in [-0.4, -0.2) is 51.7 Å². The lowest BCUT2D eigenvalue weighted by Crippen LogP contribution is -2.48. The lowest BCUT2D eigenvalue weighted by Gasteiger charge is -2.31. The number of benzene rings is 1. The zero-order valence-electron chi connectivity index (χ0n) is 11.5. The maximum absolute atomic E-state index is 12.5. The van der Waals surface area contributed by atoms with E-state index in [0.717, 1.165) is 0 Å². The number of sulfonamides is 1. The quantitative estimate of drug-likeness (QED) is 0.853. The van der Waals surface area contributed by atoms with Crippen LogP contribution in [0.1, 0.15) is 6.92 Å². The molecule has 0 amide bonds. The molecule has 0 aromatic heterocycles. The Morgan fingerprint density at radius 3 is 2.70 bits per heavy atom. The van der Waals surface area contributed by atoms with Crippen molar-refractivity contribution < 1.29 is 17.9 Å². The monoisotopic (exact) mass is 300 g/mol. The van der Waals surface area contributed by atoms with Gasteiger partial charge in [0.2, 0.25) is 10.0 Å². The van der Waals surface area contributed by atoms with Crippen LogP contribution in [0.4, 0.5) is 0 Å². The van der Waals surface area contributed by atoms with Crippen LogP contribution in [0.3, 0.4) is 0 Å². The minimum Gasteiger partial charge on any atom is -0.494 e. The average molecular weight is 300 g/mol. The summed E-state index contributed by atoms with van der Waals surface area (Å²) in [6, 6.07) is 6.45. The van der Waals surface area contributed by atoms with Crippen molar-refractivity contribution in [2.24, 2.45) is 5.73 Å². The highest BCUT2D eigenvalue weighted by atomic mass is 32.2. The molecule has 1 aliphatic rings. The van der Waals surface area contributed by atoms with Gasteiger partial charge in [0.15, 0.2) is 0 Å². The molecule has 1 saturated heterocycles. The van der Waals surface area contributed by atoms with Gasteiger partial charge in [-0.05, 0) is 31.2 Å². The van der Waals surface area contributed by atoms with Gasteiger partial charge in [0.25, 0.3) is 0 Å². The van der Waals surface area contributed by atoms with Crippen molar-refractivity contribution in [3.63, 3.8) is 0 Å². The molecule has 0 spiro atoms. The van der Waals surface area contributed by atoms with Crippen LogP contribution in [-0.2, 0) is 14.8 Å². The molecule has 0 bridgehead atoms. The van der Waals surface area contributed by atoms with Crippen LogP contribution in [0.15, 0.2) is 29.2 Å². The highest BCUT2D eigenvalue weighted by Gasteiger charge is 2.30. The molecule has 0 radical (unpaired) electrons. The van der Waals surface area contributed by atoms with E-state index in [1.165, 1.54) is 4.31 Å². The number of ether oxygens (including phenoxy) is 2. The molecule has 1 atom stereocenters. The summed E-state index contributed by atoms with van der Waals surface area (Å²) in [6.07, 6.45) is -0.235.